The summed E-state index contributed by atoms with van der Waals surface area (Å²) < 4.78 is 25.9. The average molecular weight is 188 g/mol. The lowest BCUT2D eigenvalue weighted by Crippen LogP contribution is -2.16. The van der Waals surface area contributed by atoms with Gasteiger partial charge in [0.25, 0.3) is 5.92 Å². The summed E-state index contributed by atoms with van der Waals surface area (Å²) in [6.07, 6.45) is 7.56. The van der Waals surface area contributed by atoms with E-state index in [1.807, 2.05) is 0 Å². The number of rotatable bonds is 2. The van der Waals surface area contributed by atoms with E-state index in [2.05, 4.69) is 6.92 Å². The fourth-order valence-corrected chi connectivity index (χ4v) is 1.91. The third-order valence-corrected chi connectivity index (χ3v) is 2.69. The van der Waals surface area contributed by atoms with E-state index in [-0.39, 0.29) is 6.42 Å². The molecule has 0 nitrogen and oxygen atoms in total. The fraction of sp³-hybridized carbons (Fsp3) is 0.818. The minimum absolute atomic E-state index is 0.0359. The van der Waals surface area contributed by atoms with Crippen molar-refractivity contribution in [3.8, 4) is 0 Å². The van der Waals surface area contributed by atoms with Gasteiger partial charge >= 0.3 is 0 Å². The molecule has 0 heterocycles. The average Bonchev–Trinajstić information content (AvgIpc) is 2.05. The van der Waals surface area contributed by atoms with Crippen LogP contribution in [0.5, 0.6) is 0 Å². The highest BCUT2D eigenvalue weighted by molar-refractivity contribution is 4.96. The Labute approximate surface area is 79.0 Å². The van der Waals surface area contributed by atoms with Crippen molar-refractivity contribution in [2.75, 3.05) is 0 Å². The van der Waals surface area contributed by atoms with Crippen molar-refractivity contribution in [1.82, 2.24) is 0 Å². The Hall–Kier alpha value is -0.400. The monoisotopic (exact) mass is 188 g/mol. The van der Waals surface area contributed by atoms with Gasteiger partial charge in [0.2, 0.25) is 0 Å². The van der Waals surface area contributed by atoms with Crippen LogP contribution in [-0.2, 0) is 0 Å². The summed E-state index contributed by atoms with van der Waals surface area (Å²) in [5.41, 5.74) is 0. The van der Waals surface area contributed by atoms with Gasteiger partial charge in [-0.3, -0.25) is 0 Å². The standard InChI is InChI=1S/C11H18F2/c1-2-5-10-6-3-4-8-11(12,13)9-7-10/h4,8,10H,2-3,5-7,9H2,1H3/b8-4-. The number of hydrogen-bond acceptors (Lipinski definition) is 0. The SMILES string of the molecule is CCCC1CC/C=C\C(F)(F)CC1. The number of alkyl halides is 2. The van der Waals surface area contributed by atoms with Crippen LogP contribution >= 0.6 is 0 Å². The predicted octanol–water partition coefficient (Wildman–Crippen LogP) is 4.17. The molecule has 1 unspecified atom stereocenters. The zero-order valence-corrected chi connectivity index (χ0v) is 8.23. The first-order valence-corrected chi connectivity index (χ1v) is 5.19. The van der Waals surface area contributed by atoms with Gasteiger partial charge in [0, 0.05) is 6.42 Å². The minimum Gasteiger partial charge on any atom is -0.202 e. The van der Waals surface area contributed by atoms with E-state index in [9.17, 15) is 8.78 Å². The molecule has 0 aliphatic heterocycles. The molecule has 1 aliphatic carbocycles. The summed E-state index contributed by atoms with van der Waals surface area (Å²) in [6.45, 7) is 2.12. The maximum Gasteiger partial charge on any atom is 0.266 e. The zero-order valence-electron chi connectivity index (χ0n) is 8.23. The molecule has 2 heteroatoms. The molecule has 13 heavy (non-hydrogen) atoms. The quantitative estimate of drug-likeness (QED) is 0.570. The van der Waals surface area contributed by atoms with Crippen LogP contribution in [0.15, 0.2) is 12.2 Å². The van der Waals surface area contributed by atoms with Crippen molar-refractivity contribution in [2.24, 2.45) is 5.92 Å². The van der Waals surface area contributed by atoms with Gasteiger partial charge in [-0.2, -0.15) is 0 Å². The highest BCUT2D eigenvalue weighted by atomic mass is 19.3. The van der Waals surface area contributed by atoms with Gasteiger partial charge in [-0.25, -0.2) is 8.78 Å². The summed E-state index contributed by atoms with van der Waals surface area (Å²) in [4.78, 5) is 0. The van der Waals surface area contributed by atoms with Crippen LogP contribution in [0, 0.1) is 5.92 Å². The van der Waals surface area contributed by atoms with Crippen molar-refractivity contribution < 1.29 is 8.78 Å². The smallest absolute Gasteiger partial charge is 0.202 e. The van der Waals surface area contributed by atoms with Crippen LogP contribution in [0.1, 0.15) is 45.4 Å². The predicted molar refractivity (Wildman–Crippen MR) is 51.0 cm³/mol. The van der Waals surface area contributed by atoms with E-state index in [0.717, 1.165) is 31.8 Å². The molecule has 0 radical (unpaired) electrons. The van der Waals surface area contributed by atoms with Crippen LogP contribution in [0.4, 0.5) is 8.78 Å². The molecule has 0 aromatic carbocycles. The van der Waals surface area contributed by atoms with Gasteiger partial charge in [-0.1, -0.05) is 25.8 Å². The van der Waals surface area contributed by atoms with Crippen LogP contribution in [0.25, 0.3) is 0 Å². The van der Waals surface area contributed by atoms with Crippen molar-refractivity contribution >= 4 is 0 Å². The Morgan fingerprint density at radius 1 is 1.38 bits per heavy atom. The number of halogens is 2. The number of allylic oxidation sites excluding steroid dienone is 2. The normalized spacial score (nSPS) is 30.5. The maximum absolute atomic E-state index is 13.0. The highest BCUT2D eigenvalue weighted by Crippen LogP contribution is 2.30. The topological polar surface area (TPSA) is 0 Å². The molecule has 0 aromatic rings. The molecule has 0 saturated heterocycles. The van der Waals surface area contributed by atoms with Gasteiger partial charge in [-0.15, -0.1) is 0 Å². The van der Waals surface area contributed by atoms with E-state index in [1.165, 1.54) is 0 Å². The lowest BCUT2D eigenvalue weighted by Gasteiger charge is -2.20. The Kier molecular flexibility index (Phi) is 3.89. The molecule has 0 fully saturated rings. The molecule has 0 aromatic heterocycles. The van der Waals surface area contributed by atoms with E-state index >= 15 is 0 Å². The summed E-state index contributed by atoms with van der Waals surface area (Å²) in [6, 6.07) is 0. The first-order chi connectivity index (χ1) is 6.14. The second-order valence-corrected chi connectivity index (χ2v) is 3.93. The van der Waals surface area contributed by atoms with Crippen molar-refractivity contribution in [2.45, 2.75) is 51.4 Å². The van der Waals surface area contributed by atoms with Crippen molar-refractivity contribution in [1.29, 1.82) is 0 Å². The van der Waals surface area contributed by atoms with Crippen LogP contribution in [0.3, 0.4) is 0 Å². The van der Waals surface area contributed by atoms with Gasteiger partial charge in [-0.05, 0) is 31.3 Å². The second kappa shape index (κ2) is 4.73. The molecule has 1 aliphatic rings. The van der Waals surface area contributed by atoms with E-state index in [4.69, 9.17) is 0 Å². The number of hydrogen-bond donors (Lipinski definition) is 0. The largest absolute Gasteiger partial charge is 0.266 e. The minimum atomic E-state index is -2.55. The Balaban J connectivity index is 2.46. The molecular formula is C11H18F2. The van der Waals surface area contributed by atoms with Crippen molar-refractivity contribution in [3.63, 3.8) is 0 Å². The van der Waals surface area contributed by atoms with Crippen LogP contribution in [-0.4, -0.2) is 5.92 Å². The molecule has 0 spiro atoms. The highest BCUT2D eigenvalue weighted by Gasteiger charge is 2.27. The second-order valence-electron chi connectivity index (χ2n) is 3.93. The Bertz CT molecular complexity index is 173. The van der Waals surface area contributed by atoms with E-state index in [0.29, 0.717) is 12.3 Å². The molecule has 0 bridgehead atoms. The molecular weight excluding hydrogens is 170 g/mol. The van der Waals surface area contributed by atoms with Gasteiger partial charge in [0.05, 0.1) is 0 Å². The first kappa shape index (κ1) is 10.7. The Morgan fingerprint density at radius 2 is 2.15 bits per heavy atom. The van der Waals surface area contributed by atoms with E-state index < -0.39 is 5.92 Å². The third-order valence-electron chi connectivity index (χ3n) is 2.69. The molecule has 0 saturated carbocycles. The maximum atomic E-state index is 13.0. The summed E-state index contributed by atoms with van der Waals surface area (Å²) in [5.74, 6) is -2.03. The molecule has 0 N–H and O–H groups in total. The fourth-order valence-electron chi connectivity index (χ4n) is 1.91. The lowest BCUT2D eigenvalue weighted by atomic mass is 9.89. The van der Waals surface area contributed by atoms with Gasteiger partial charge < -0.3 is 0 Å². The molecule has 1 atom stereocenters. The molecule has 1 rings (SSSR count). The van der Waals surface area contributed by atoms with Crippen LogP contribution in [0.2, 0.25) is 0 Å². The van der Waals surface area contributed by atoms with Crippen molar-refractivity contribution in [3.05, 3.63) is 12.2 Å². The van der Waals surface area contributed by atoms with E-state index in [1.54, 1.807) is 6.08 Å². The summed E-state index contributed by atoms with van der Waals surface area (Å²) in [7, 11) is 0. The Morgan fingerprint density at radius 3 is 2.85 bits per heavy atom. The van der Waals surface area contributed by atoms with Crippen LogP contribution < -0.4 is 0 Å². The summed E-state index contributed by atoms with van der Waals surface area (Å²) in [5, 5.41) is 0. The molecule has 76 valence electrons. The summed E-state index contributed by atoms with van der Waals surface area (Å²) >= 11 is 0. The lowest BCUT2D eigenvalue weighted by molar-refractivity contribution is 0.0354. The third kappa shape index (κ3) is 3.88. The molecule has 0 amide bonds. The van der Waals surface area contributed by atoms with Gasteiger partial charge in [0.15, 0.2) is 0 Å². The first-order valence-electron chi connectivity index (χ1n) is 5.19. The van der Waals surface area contributed by atoms with Gasteiger partial charge in [0.1, 0.15) is 0 Å². The zero-order chi connectivity index (χ0) is 9.73.